The van der Waals surface area contributed by atoms with Gasteiger partial charge in [-0.3, -0.25) is 0 Å². The fourth-order valence-electron chi connectivity index (χ4n) is 4.10. The maximum Gasteiger partial charge on any atom is 0.0682 e. The van der Waals surface area contributed by atoms with Gasteiger partial charge in [0.2, 0.25) is 0 Å². The van der Waals surface area contributed by atoms with Crippen molar-refractivity contribution in [2.24, 2.45) is 11.8 Å². The average molecular weight is 264 g/mol. The zero-order valence-corrected chi connectivity index (χ0v) is 13.0. The summed E-state index contributed by atoms with van der Waals surface area (Å²) in [7, 11) is 0. The average Bonchev–Trinajstić information content (AvgIpc) is 2.51. The highest BCUT2D eigenvalue weighted by Crippen LogP contribution is 2.38. The van der Waals surface area contributed by atoms with Crippen LogP contribution in [-0.2, 0) is 4.74 Å². The molecule has 2 rings (SSSR count). The Labute approximate surface area is 119 Å². The first kappa shape index (κ1) is 15.1. The van der Waals surface area contributed by atoms with Gasteiger partial charge in [-0.05, 0) is 49.5 Å². The smallest absolute Gasteiger partial charge is 0.0682 e. The quantitative estimate of drug-likeness (QED) is 0.609. The molecule has 1 nitrogen and oxygen atoms in total. The van der Waals surface area contributed by atoms with Gasteiger partial charge in [-0.1, -0.05) is 51.5 Å². The summed E-state index contributed by atoms with van der Waals surface area (Å²) in [5, 5.41) is 0. The largest absolute Gasteiger partial charge is 0.377 e. The number of ether oxygens (including phenoxy) is 1. The first-order valence-corrected chi connectivity index (χ1v) is 8.66. The third-order valence-electron chi connectivity index (χ3n) is 5.05. The Morgan fingerprint density at radius 1 is 0.895 bits per heavy atom. The Hall–Kier alpha value is -0.300. The Morgan fingerprint density at radius 3 is 2.16 bits per heavy atom. The first-order valence-electron chi connectivity index (χ1n) is 8.66. The van der Waals surface area contributed by atoms with E-state index in [1.54, 1.807) is 5.57 Å². The molecule has 2 atom stereocenters. The monoisotopic (exact) mass is 264 g/mol. The molecular weight excluding hydrogens is 232 g/mol. The first-order chi connectivity index (χ1) is 9.36. The van der Waals surface area contributed by atoms with Gasteiger partial charge in [0.1, 0.15) is 0 Å². The molecule has 0 N–H and O–H groups in total. The van der Waals surface area contributed by atoms with E-state index >= 15 is 0 Å². The SMILES string of the molecule is CCCC1CCCCCC(CCC)C2=C1CCOC2. The van der Waals surface area contributed by atoms with Crippen molar-refractivity contribution in [2.75, 3.05) is 13.2 Å². The van der Waals surface area contributed by atoms with Gasteiger partial charge in [-0.2, -0.15) is 0 Å². The molecule has 2 unspecified atom stereocenters. The van der Waals surface area contributed by atoms with Crippen LogP contribution in [0, 0.1) is 11.8 Å². The molecule has 0 saturated heterocycles. The second-order valence-corrected chi connectivity index (χ2v) is 6.46. The summed E-state index contributed by atoms with van der Waals surface area (Å²) in [6, 6.07) is 0. The van der Waals surface area contributed by atoms with E-state index < -0.39 is 0 Å². The summed E-state index contributed by atoms with van der Waals surface area (Å²) in [5.74, 6) is 1.71. The molecule has 1 heteroatoms. The second kappa shape index (κ2) is 8.09. The number of hydrogen-bond acceptors (Lipinski definition) is 1. The van der Waals surface area contributed by atoms with Gasteiger partial charge < -0.3 is 4.74 Å². The molecule has 1 aliphatic carbocycles. The zero-order valence-electron chi connectivity index (χ0n) is 13.0. The van der Waals surface area contributed by atoms with Gasteiger partial charge in [-0.25, -0.2) is 0 Å². The summed E-state index contributed by atoms with van der Waals surface area (Å²) >= 11 is 0. The molecule has 0 aromatic heterocycles. The third kappa shape index (κ3) is 4.08. The van der Waals surface area contributed by atoms with Crippen LogP contribution in [0.4, 0.5) is 0 Å². The van der Waals surface area contributed by atoms with Crippen molar-refractivity contribution in [2.45, 2.75) is 78.1 Å². The van der Waals surface area contributed by atoms with Gasteiger partial charge >= 0.3 is 0 Å². The lowest BCUT2D eigenvalue weighted by Gasteiger charge is -2.31. The minimum Gasteiger partial charge on any atom is -0.377 e. The second-order valence-electron chi connectivity index (χ2n) is 6.46. The molecule has 0 saturated carbocycles. The van der Waals surface area contributed by atoms with E-state index in [0.717, 1.165) is 25.0 Å². The molecule has 1 aliphatic heterocycles. The van der Waals surface area contributed by atoms with E-state index in [1.165, 1.54) is 64.2 Å². The van der Waals surface area contributed by atoms with Crippen molar-refractivity contribution in [3.8, 4) is 0 Å². The van der Waals surface area contributed by atoms with Crippen LogP contribution in [0.5, 0.6) is 0 Å². The molecule has 19 heavy (non-hydrogen) atoms. The van der Waals surface area contributed by atoms with Gasteiger partial charge in [0, 0.05) is 0 Å². The summed E-state index contributed by atoms with van der Waals surface area (Å²) in [4.78, 5) is 0. The Kier molecular flexibility index (Phi) is 6.43. The normalized spacial score (nSPS) is 29.4. The van der Waals surface area contributed by atoms with Crippen LogP contribution < -0.4 is 0 Å². The number of rotatable bonds is 4. The Morgan fingerprint density at radius 2 is 1.53 bits per heavy atom. The van der Waals surface area contributed by atoms with Crippen molar-refractivity contribution in [3.05, 3.63) is 11.1 Å². The Bertz CT molecular complexity index is 264. The molecule has 0 spiro atoms. The van der Waals surface area contributed by atoms with E-state index in [1.807, 2.05) is 5.57 Å². The van der Waals surface area contributed by atoms with Crippen LogP contribution in [0.2, 0.25) is 0 Å². The highest BCUT2D eigenvalue weighted by atomic mass is 16.5. The molecule has 0 aromatic carbocycles. The standard InChI is InChI=1S/C18H32O/c1-3-8-15-10-6-5-7-11-16(9-4-2)18-14-19-13-12-17(15)18/h15-16H,3-14H2,1-2H3. The van der Waals surface area contributed by atoms with Crippen molar-refractivity contribution in [1.82, 2.24) is 0 Å². The fraction of sp³-hybridized carbons (Fsp3) is 0.889. The van der Waals surface area contributed by atoms with Gasteiger partial charge in [0.15, 0.2) is 0 Å². The lowest BCUT2D eigenvalue weighted by molar-refractivity contribution is 0.131. The summed E-state index contributed by atoms with van der Waals surface area (Å²) in [6.07, 6.45) is 13.8. The predicted octanol–water partition coefficient (Wildman–Crippen LogP) is 5.50. The highest BCUT2D eigenvalue weighted by molar-refractivity contribution is 5.23. The highest BCUT2D eigenvalue weighted by Gasteiger charge is 2.26. The minimum atomic E-state index is 0.831. The lowest BCUT2D eigenvalue weighted by atomic mass is 9.79. The predicted molar refractivity (Wildman–Crippen MR) is 82.3 cm³/mol. The van der Waals surface area contributed by atoms with Crippen molar-refractivity contribution in [3.63, 3.8) is 0 Å². The molecule has 110 valence electrons. The Balaban J connectivity index is 2.24. The summed E-state index contributed by atoms with van der Waals surface area (Å²) < 4.78 is 5.82. The van der Waals surface area contributed by atoms with E-state index in [4.69, 9.17) is 4.74 Å². The van der Waals surface area contributed by atoms with Gasteiger partial charge in [0.25, 0.3) is 0 Å². The molecule has 0 aromatic rings. The third-order valence-corrected chi connectivity index (χ3v) is 5.05. The van der Waals surface area contributed by atoms with Crippen LogP contribution in [-0.4, -0.2) is 13.2 Å². The van der Waals surface area contributed by atoms with Crippen LogP contribution in [0.25, 0.3) is 0 Å². The fourth-order valence-corrected chi connectivity index (χ4v) is 4.10. The zero-order chi connectivity index (χ0) is 13.5. The molecular formula is C18H32O. The molecule has 0 bridgehead atoms. The molecule has 2 aliphatic rings. The molecule has 0 fully saturated rings. The molecule has 0 radical (unpaired) electrons. The van der Waals surface area contributed by atoms with Gasteiger partial charge in [-0.15, -0.1) is 0 Å². The maximum atomic E-state index is 5.82. The van der Waals surface area contributed by atoms with Crippen molar-refractivity contribution >= 4 is 0 Å². The van der Waals surface area contributed by atoms with Crippen LogP contribution in [0.3, 0.4) is 0 Å². The van der Waals surface area contributed by atoms with E-state index in [9.17, 15) is 0 Å². The summed E-state index contributed by atoms with van der Waals surface area (Å²) in [5.41, 5.74) is 3.56. The number of hydrogen-bond donors (Lipinski definition) is 0. The van der Waals surface area contributed by atoms with Crippen LogP contribution >= 0.6 is 0 Å². The van der Waals surface area contributed by atoms with E-state index in [0.29, 0.717) is 0 Å². The topological polar surface area (TPSA) is 9.23 Å². The van der Waals surface area contributed by atoms with Crippen LogP contribution in [0.1, 0.15) is 78.1 Å². The molecule has 1 heterocycles. The van der Waals surface area contributed by atoms with Crippen LogP contribution in [0.15, 0.2) is 11.1 Å². The van der Waals surface area contributed by atoms with Crippen molar-refractivity contribution < 1.29 is 4.74 Å². The van der Waals surface area contributed by atoms with Crippen molar-refractivity contribution in [1.29, 1.82) is 0 Å². The van der Waals surface area contributed by atoms with E-state index in [-0.39, 0.29) is 0 Å². The van der Waals surface area contributed by atoms with Gasteiger partial charge in [0.05, 0.1) is 13.2 Å². The molecule has 0 amide bonds. The maximum absolute atomic E-state index is 5.82. The summed E-state index contributed by atoms with van der Waals surface area (Å²) in [6.45, 7) is 6.59. The lowest BCUT2D eigenvalue weighted by Crippen LogP contribution is -2.22. The van der Waals surface area contributed by atoms with E-state index in [2.05, 4.69) is 13.8 Å². The minimum absolute atomic E-state index is 0.831.